The van der Waals surface area contributed by atoms with Crippen molar-refractivity contribution >= 4 is 11.5 Å². The second kappa shape index (κ2) is 7.32. The third kappa shape index (κ3) is 3.67. The summed E-state index contributed by atoms with van der Waals surface area (Å²) >= 11 is 0. The Morgan fingerprint density at radius 3 is 2.82 bits per heavy atom. The van der Waals surface area contributed by atoms with Crippen molar-refractivity contribution in [2.24, 2.45) is 0 Å². The summed E-state index contributed by atoms with van der Waals surface area (Å²) in [6, 6.07) is 10.3. The summed E-state index contributed by atoms with van der Waals surface area (Å²) in [7, 11) is 0. The molecule has 112 valence electrons. The zero-order valence-corrected chi connectivity index (χ0v) is 12.3. The van der Waals surface area contributed by atoms with Crippen LogP contribution in [0.15, 0.2) is 42.7 Å². The number of hydrogen-bond donors (Lipinski definition) is 0. The first-order chi connectivity index (χ1) is 10.6. The van der Waals surface area contributed by atoms with E-state index in [-0.39, 0.29) is 17.8 Å². The van der Waals surface area contributed by atoms with E-state index in [1.54, 1.807) is 24.5 Å². The standard InChI is InChI=1S/C17H16FN3O/c1-13(22)17-15(18)6-2-7-16(17)21(10-4-8-19)12-14-5-3-9-20-11-14/h2-3,5-7,9,11H,4,10,12H2,1H3. The third-order valence-corrected chi connectivity index (χ3v) is 3.27. The fourth-order valence-electron chi connectivity index (χ4n) is 2.31. The Morgan fingerprint density at radius 1 is 1.36 bits per heavy atom. The molecule has 2 aromatic rings. The van der Waals surface area contributed by atoms with E-state index in [0.29, 0.717) is 18.8 Å². The van der Waals surface area contributed by atoms with Crippen LogP contribution in [-0.4, -0.2) is 17.3 Å². The number of nitriles is 1. The van der Waals surface area contributed by atoms with Crippen LogP contribution in [0.25, 0.3) is 0 Å². The molecule has 22 heavy (non-hydrogen) atoms. The van der Waals surface area contributed by atoms with Crippen LogP contribution in [0.3, 0.4) is 0 Å². The van der Waals surface area contributed by atoms with Gasteiger partial charge in [0.1, 0.15) is 5.82 Å². The topological polar surface area (TPSA) is 57.0 Å². The molecule has 0 aliphatic carbocycles. The van der Waals surface area contributed by atoms with Gasteiger partial charge in [-0.05, 0) is 30.7 Å². The molecule has 0 saturated carbocycles. The van der Waals surface area contributed by atoms with Gasteiger partial charge in [-0.15, -0.1) is 0 Å². The molecular formula is C17H16FN3O. The number of halogens is 1. The fraction of sp³-hybridized carbons (Fsp3) is 0.235. The Hall–Kier alpha value is -2.74. The molecule has 0 N–H and O–H groups in total. The van der Waals surface area contributed by atoms with E-state index < -0.39 is 5.82 Å². The van der Waals surface area contributed by atoms with Crippen LogP contribution in [0.5, 0.6) is 0 Å². The first-order valence-electron chi connectivity index (χ1n) is 6.93. The lowest BCUT2D eigenvalue weighted by atomic mass is 10.1. The Kier molecular flexibility index (Phi) is 5.21. The molecule has 0 amide bonds. The summed E-state index contributed by atoms with van der Waals surface area (Å²) in [6.07, 6.45) is 3.67. The van der Waals surface area contributed by atoms with Gasteiger partial charge < -0.3 is 4.90 Å². The summed E-state index contributed by atoms with van der Waals surface area (Å²) in [5.41, 5.74) is 1.50. The Morgan fingerprint density at radius 2 is 2.18 bits per heavy atom. The maximum Gasteiger partial charge on any atom is 0.164 e. The Bertz CT molecular complexity index is 695. The minimum absolute atomic E-state index is 0.0596. The van der Waals surface area contributed by atoms with Crippen LogP contribution < -0.4 is 4.90 Å². The monoisotopic (exact) mass is 297 g/mol. The number of rotatable bonds is 6. The average Bonchev–Trinajstić information content (AvgIpc) is 2.51. The van der Waals surface area contributed by atoms with Crippen LogP contribution in [0.4, 0.5) is 10.1 Å². The predicted octanol–water partition coefficient (Wildman–Crippen LogP) is 3.34. The van der Waals surface area contributed by atoms with E-state index >= 15 is 0 Å². The first kappa shape index (κ1) is 15.6. The fourth-order valence-corrected chi connectivity index (χ4v) is 2.31. The molecule has 0 atom stereocenters. The van der Waals surface area contributed by atoms with E-state index in [9.17, 15) is 9.18 Å². The normalized spacial score (nSPS) is 10.0. The molecular weight excluding hydrogens is 281 g/mol. The van der Waals surface area contributed by atoms with Crippen molar-refractivity contribution in [3.05, 3.63) is 59.7 Å². The largest absolute Gasteiger partial charge is 0.365 e. The van der Waals surface area contributed by atoms with Gasteiger partial charge in [-0.2, -0.15) is 5.26 Å². The van der Waals surface area contributed by atoms with Gasteiger partial charge in [0.2, 0.25) is 0 Å². The van der Waals surface area contributed by atoms with Crippen molar-refractivity contribution in [3.8, 4) is 6.07 Å². The number of benzene rings is 1. The van der Waals surface area contributed by atoms with E-state index in [4.69, 9.17) is 5.26 Å². The van der Waals surface area contributed by atoms with Crippen molar-refractivity contribution < 1.29 is 9.18 Å². The van der Waals surface area contributed by atoms with E-state index in [1.165, 1.54) is 13.0 Å². The molecule has 5 heteroatoms. The molecule has 2 rings (SSSR count). The smallest absolute Gasteiger partial charge is 0.164 e. The number of hydrogen-bond acceptors (Lipinski definition) is 4. The highest BCUT2D eigenvalue weighted by atomic mass is 19.1. The van der Waals surface area contributed by atoms with E-state index in [1.807, 2.05) is 17.0 Å². The van der Waals surface area contributed by atoms with Crippen LogP contribution in [0, 0.1) is 17.1 Å². The molecule has 0 bridgehead atoms. The minimum Gasteiger partial charge on any atom is -0.365 e. The number of nitrogens with zero attached hydrogens (tertiary/aromatic N) is 3. The lowest BCUT2D eigenvalue weighted by molar-refractivity contribution is 0.101. The molecule has 1 aromatic carbocycles. The molecule has 0 spiro atoms. The number of pyridine rings is 1. The molecule has 1 aromatic heterocycles. The van der Waals surface area contributed by atoms with Gasteiger partial charge in [0.05, 0.1) is 23.7 Å². The molecule has 1 heterocycles. The SMILES string of the molecule is CC(=O)c1c(F)cccc1N(CCC#N)Cc1cccnc1. The van der Waals surface area contributed by atoms with E-state index in [2.05, 4.69) is 11.1 Å². The molecule has 0 unspecified atom stereocenters. The van der Waals surface area contributed by atoms with Gasteiger partial charge in [0, 0.05) is 25.5 Å². The summed E-state index contributed by atoms with van der Waals surface area (Å²) in [4.78, 5) is 17.7. The predicted molar refractivity (Wildman–Crippen MR) is 81.9 cm³/mol. The highest BCUT2D eigenvalue weighted by Crippen LogP contribution is 2.25. The molecule has 0 radical (unpaired) electrons. The third-order valence-electron chi connectivity index (χ3n) is 3.27. The highest BCUT2D eigenvalue weighted by Gasteiger charge is 2.18. The summed E-state index contributed by atoms with van der Waals surface area (Å²) in [5.74, 6) is -0.876. The second-order valence-corrected chi connectivity index (χ2v) is 4.88. The van der Waals surface area contributed by atoms with Crippen LogP contribution in [0.2, 0.25) is 0 Å². The number of aromatic nitrogens is 1. The number of anilines is 1. The number of carbonyl (C=O) groups is 1. The summed E-state index contributed by atoms with van der Waals surface area (Å²) in [5, 5.41) is 8.83. The lowest BCUT2D eigenvalue weighted by Crippen LogP contribution is -2.26. The summed E-state index contributed by atoms with van der Waals surface area (Å²) < 4.78 is 14.0. The zero-order chi connectivity index (χ0) is 15.9. The molecule has 0 fully saturated rings. The van der Waals surface area contributed by atoms with Crippen molar-refractivity contribution in [3.63, 3.8) is 0 Å². The van der Waals surface area contributed by atoms with Gasteiger partial charge >= 0.3 is 0 Å². The van der Waals surface area contributed by atoms with E-state index in [0.717, 1.165) is 5.56 Å². The zero-order valence-electron chi connectivity index (χ0n) is 12.3. The average molecular weight is 297 g/mol. The van der Waals surface area contributed by atoms with Crippen molar-refractivity contribution in [1.29, 1.82) is 5.26 Å². The number of ketones is 1. The van der Waals surface area contributed by atoms with Gasteiger partial charge in [-0.1, -0.05) is 12.1 Å². The maximum atomic E-state index is 14.0. The van der Waals surface area contributed by atoms with Gasteiger partial charge in [0.25, 0.3) is 0 Å². The Balaban J connectivity index is 2.39. The van der Waals surface area contributed by atoms with Crippen LogP contribution in [0.1, 0.15) is 29.3 Å². The quantitative estimate of drug-likeness (QED) is 0.767. The van der Waals surface area contributed by atoms with Gasteiger partial charge in [-0.25, -0.2) is 4.39 Å². The minimum atomic E-state index is -0.543. The molecule has 4 nitrogen and oxygen atoms in total. The molecule has 0 aliphatic heterocycles. The van der Waals surface area contributed by atoms with Crippen molar-refractivity contribution in [2.75, 3.05) is 11.4 Å². The highest BCUT2D eigenvalue weighted by molar-refractivity contribution is 6.00. The molecule has 0 aliphatic rings. The van der Waals surface area contributed by atoms with Gasteiger partial charge in [-0.3, -0.25) is 9.78 Å². The molecule has 0 saturated heterocycles. The van der Waals surface area contributed by atoms with Crippen molar-refractivity contribution in [2.45, 2.75) is 19.9 Å². The number of carbonyl (C=O) groups excluding carboxylic acids is 1. The lowest BCUT2D eigenvalue weighted by Gasteiger charge is -2.26. The van der Waals surface area contributed by atoms with Gasteiger partial charge in [0.15, 0.2) is 5.78 Å². The Labute approximate surface area is 128 Å². The second-order valence-electron chi connectivity index (χ2n) is 4.88. The number of Topliss-reactive ketones (excluding diaryl/α,β-unsaturated/α-hetero) is 1. The first-order valence-corrected chi connectivity index (χ1v) is 6.93. The van der Waals surface area contributed by atoms with Crippen molar-refractivity contribution in [1.82, 2.24) is 4.98 Å². The maximum absolute atomic E-state index is 14.0. The summed E-state index contributed by atoms with van der Waals surface area (Å²) in [6.45, 7) is 2.21. The van der Waals surface area contributed by atoms with Crippen LogP contribution >= 0.6 is 0 Å². The van der Waals surface area contributed by atoms with Crippen LogP contribution in [-0.2, 0) is 6.54 Å².